The van der Waals surface area contributed by atoms with Gasteiger partial charge in [0.15, 0.2) is 0 Å². The Labute approximate surface area is 75.3 Å². The summed E-state index contributed by atoms with van der Waals surface area (Å²) in [6, 6.07) is 0. The van der Waals surface area contributed by atoms with Crippen LogP contribution in [0.25, 0.3) is 0 Å². The van der Waals surface area contributed by atoms with Gasteiger partial charge in [-0.25, -0.2) is 13.3 Å². The highest BCUT2D eigenvalue weighted by Gasteiger charge is 2.31. The van der Waals surface area contributed by atoms with Crippen molar-refractivity contribution < 1.29 is 4.21 Å². The minimum absolute atomic E-state index is 0.677. The van der Waals surface area contributed by atoms with Crippen LogP contribution in [0.4, 0.5) is 0 Å². The molecule has 1 atom stereocenters. The van der Waals surface area contributed by atoms with Crippen molar-refractivity contribution in [2.45, 2.75) is 20.3 Å². The lowest BCUT2D eigenvalue weighted by molar-refractivity contribution is 0.180. The fourth-order valence-electron chi connectivity index (χ4n) is 1.62. The number of hydrogen-bond donors (Lipinski definition) is 1. The lowest BCUT2D eigenvalue weighted by Crippen LogP contribution is -2.49. The van der Waals surface area contributed by atoms with E-state index in [1.807, 2.05) is 0 Å². The molecular weight excluding hydrogens is 172 g/mol. The van der Waals surface area contributed by atoms with E-state index < -0.39 is 9.92 Å². The normalized spacial score (nSPS) is 25.3. The first kappa shape index (κ1) is 9.99. The summed E-state index contributed by atoms with van der Waals surface area (Å²) >= 11 is 0. The second-order valence-corrected chi connectivity index (χ2v) is 6.27. The van der Waals surface area contributed by atoms with E-state index in [1.54, 1.807) is 4.31 Å². The predicted octanol–water partition coefficient (Wildman–Crippen LogP) is 1.56. The van der Waals surface area contributed by atoms with Crippen LogP contribution >= 0.6 is 0 Å². The van der Waals surface area contributed by atoms with Crippen LogP contribution in [0.5, 0.6) is 0 Å². The van der Waals surface area contributed by atoms with Gasteiger partial charge >= 0.3 is 0 Å². The van der Waals surface area contributed by atoms with Gasteiger partial charge in [0.1, 0.15) is 9.92 Å². The lowest BCUT2D eigenvalue weighted by atomic mass is 9.92. The molecule has 4 heteroatoms. The molecule has 1 N–H and O–H groups in total. The summed E-state index contributed by atoms with van der Waals surface area (Å²) < 4.78 is 20.3. The summed E-state index contributed by atoms with van der Waals surface area (Å²) in [5.74, 6) is 1.40. The highest BCUT2D eigenvalue weighted by atomic mass is 32.2. The van der Waals surface area contributed by atoms with Crippen molar-refractivity contribution in [1.82, 2.24) is 4.31 Å². The fraction of sp³-hybridized carbons (Fsp3) is 1.00. The van der Waals surface area contributed by atoms with Crippen LogP contribution in [-0.2, 0) is 9.92 Å². The van der Waals surface area contributed by atoms with Gasteiger partial charge in [-0.1, -0.05) is 13.8 Å². The molecule has 1 unspecified atom stereocenters. The summed E-state index contributed by atoms with van der Waals surface area (Å²) in [6.45, 7) is 6.12. The Morgan fingerprint density at radius 3 is 2.42 bits per heavy atom. The summed E-state index contributed by atoms with van der Waals surface area (Å²) in [6.07, 6.45) is 2.70. The minimum atomic E-state index is -2.40. The van der Waals surface area contributed by atoms with Gasteiger partial charge < -0.3 is 0 Å². The summed E-state index contributed by atoms with van der Waals surface area (Å²) in [5, 5.41) is 0. The number of rotatable bonds is 3. The average Bonchev–Trinajstić information content (AvgIpc) is 1.73. The fourth-order valence-corrected chi connectivity index (χ4v) is 2.61. The van der Waals surface area contributed by atoms with Crippen molar-refractivity contribution in [2.75, 3.05) is 19.3 Å². The first-order valence-corrected chi connectivity index (χ1v) is 6.30. The van der Waals surface area contributed by atoms with Gasteiger partial charge in [-0.05, 0) is 18.3 Å². The van der Waals surface area contributed by atoms with Gasteiger partial charge in [0.2, 0.25) is 0 Å². The van der Waals surface area contributed by atoms with Gasteiger partial charge in [-0.15, -0.1) is 0 Å². The molecule has 0 amide bonds. The zero-order valence-electron chi connectivity index (χ0n) is 8.04. The molecule has 1 aliphatic heterocycles. The molecule has 0 aromatic carbocycles. The first-order valence-electron chi connectivity index (χ1n) is 4.38. The molecule has 12 heavy (non-hydrogen) atoms. The number of nitrogens with zero attached hydrogens (tertiary/aromatic N) is 1. The Morgan fingerprint density at radius 2 is 2.08 bits per heavy atom. The van der Waals surface area contributed by atoms with Gasteiger partial charge in [0, 0.05) is 19.3 Å². The maximum atomic E-state index is 11.2. The SMILES string of the molecule is CC(C)CC1CN(S(C)(=N)=O)C1. The van der Waals surface area contributed by atoms with Gasteiger partial charge in [-0.2, -0.15) is 0 Å². The Morgan fingerprint density at radius 1 is 1.58 bits per heavy atom. The quantitative estimate of drug-likeness (QED) is 0.721. The predicted molar refractivity (Wildman–Crippen MR) is 51.3 cm³/mol. The molecule has 1 aliphatic rings. The van der Waals surface area contributed by atoms with E-state index in [4.69, 9.17) is 4.78 Å². The van der Waals surface area contributed by atoms with Crippen LogP contribution in [0.1, 0.15) is 20.3 Å². The van der Waals surface area contributed by atoms with E-state index in [0.29, 0.717) is 5.92 Å². The van der Waals surface area contributed by atoms with Crippen LogP contribution in [0, 0.1) is 16.6 Å². The highest BCUT2D eigenvalue weighted by molar-refractivity contribution is 7.89. The number of nitrogens with one attached hydrogen (secondary N) is 1. The molecule has 3 nitrogen and oxygen atoms in total. The summed E-state index contributed by atoms with van der Waals surface area (Å²) in [5.41, 5.74) is 0. The smallest absolute Gasteiger partial charge is 0.104 e. The third-order valence-corrected chi connectivity index (χ3v) is 3.50. The van der Waals surface area contributed by atoms with Gasteiger partial charge in [0.25, 0.3) is 0 Å². The molecule has 0 aromatic rings. The molecule has 1 saturated heterocycles. The third kappa shape index (κ3) is 2.45. The van der Waals surface area contributed by atoms with Crippen molar-refractivity contribution in [1.29, 1.82) is 4.78 Å². The average molecular weight is 190 g/mol. The van der Waals surface area contributed by atoms with E-state index in [-0.39, 0.29) is 0 Å². The molecule has 0 spiro atoms. The van der Waals surface area contributed by atoms with Crippen molar-refractivity contribution in [3.05, 3.63) is 0 Å². The maximum Gasteiger partial charge on any atom is 0.104 e. The molecule has 0 radical (unpaired) electrons. The Balaban J connectivity index is 2.30. The molecule has 0 aromatic heterocycles. The first-order chi connectivity index (χ1) is 5.39. The van der Waals surface area contributed by atoms with Crippen LogP contribution < -0.4 is 0 Å². The second-order valence-electron chi connectivity index (χ2n) is 4.15. The van der Waals surface area contributed by atoms with E-state index in [9.17, 15) is 4.21 Å². The van der Waals surface area contributed by atoms with Crippen molar-refractivity contribution in [2.24, 2.45) is 11.8 Å². The van der Waals surface area contributed by atoms with E-state index in [0.717, 1.165) is 19.0 Å². The zero-order valence-corrected chi connectivity index (χ0v) is 8.86. The van der Waals surface area contributed by atoms with Crippen molar-refractivity contribution >= 4 is 9.92 Å². The molecule has 1 rings (SSSR count). The van der Waals surface area contributed by atoms with Crippen molar-refractivity contribution in [3.63, 3.8) is 0 Å². The van der Waals surface area contributed by atoms with Gasteiger partial charge in [0.05, 0.1) is 0 Å². The Kier molecular flexibility index (Phi) is 2.78. The van der Waals surface area contributed by atoms with E-state index >= 15 is 0 Å². The van der Waals surface area contributed by atoms with E-state index in [1.165, 1.54) is 12.7 Å². The standard InChI is InChI=1S/C8H18N2OS/c1-7(2)4-8-5-10(6-8)12(3,9)11/h7-9H,4-6H2,1-3H3. The highest BCUT2D eigenvalue weighted by Crippen LogP contribution is 2.24. The van der Waals surface area contributed by atoms with Crippen LogP contribution in [-0.4, -0.2) is 27.9 Å². The Bertz CT molecular complexity index is 240. The van der Waals surface area contributed by atoms with Gasteiger partial charge in [-0.3, -0.25) is 0 Å². The molecule has 0 aliphatic carbocycles. The van der Waals surface area contributed by atoms with Crippen LogP contribution in [0.2, 0.25) is 0 Å². The molecule has 1 heterocycles. The zero-order chi connectivity index (χ0) is 9.35. The molecule has 72 valence electrons. The summed E-state index contributed by atoms with van der Waals surface area (Å²) in [4.78, 5) is 0. The molecule has 1 fully saturated rings. The molecular formula is C8H18N2OS. The second kappa shape index (κ2) is 3.34. The maximum absolute atomic E-state index is 11.2. The Hall–Kier alpha value is -0.0900. The molecule has 0 saturated carbocycles. The van der Waals surface area contributed by atoms with Crippen molar-refractivity contribution in [3.8, 4) is 0 Å². The van der Waals surface area contributed by atoms with Crippen LogP contribution in [0.3, 0.4) is 0 Å². The topological polar surface area (TPSA) is 44.2 Å². The molecule has 0 bridgehead atoms. The van der Waals surface area contributed by atoms with Crippen LogP contribution in [0.15, 0.2) is 0 Å². The lowest BCUT2D eigenvalue weighted by Gasteiger charge is -2.39. The monoisotopic (exact) mass is 190 g/mol. The largest absolute Gasteiger partial charge is 0.240 e. The minimum Gasteiger partial charge on any atom is -0.240 e. The third-order valence-electron chi connectivity index (χ3n) is 2.22. The summed E-state index contributed by atoms with van der Waals surface area (Å²) in [7, 11) is -2.40. The van der Waals surface area contributed by atoms with E-state index in [2.05, 4.69) is 13.8 Å². The number of hydrogen-bond acceptors (Lipinski definition) is 2.